The zero-order valence-electron chi connectivity index (χ0n) is 11.2. The lowest BCUT2D eigenvalue weighted by Crippen LogP contribution is -2.76. The number of hydrogen-bond acceptors (Lipinski definition) is 4. The second-order valence-electron chi connectivity index (χ2n) is 4.47. The van der Waals surface area contributed by atoms with Gasteiger partial charge in [0.05, 0.1) is 12.1 Å². The molecule has 2 rings (SSSR count). The molecule has 0 bridgehead atoms. The van der Waals surface area contributed by atoms with Crippen molar-refractivity contribution in [3.63, 3.8) is 0 Å². The summed E-state index contributed by atoms with van der Waals surface area (Å²) < 4.78 is 0. The van der Waals surface area contributed by atoms with Crippen LogP contribution in [0.1, 0.15) is 28.8 Å². The topological polar surface area (TPSA) is 130 Å². The Bertz CT molecular complexity index is 589. The Morgan fingerprint density at radius 1 is 1.14 bits per heavy atom. The number of imide groups is 1. The molecule has 0 aliphatic carbocycles. The van der Waals surface area contributed by atoms with Crippen molar-refractivity contribution < 1.29 is 24.2 Å². The lowest BCUT2D eigenvalue weighted by molar-refractivity contribution is -0.477. The first-order chi connectivity index (χ1) is 9.97. The summed E-state index contributed by atoms with van der Waals surface area (Å²) in [4.78, 5) is 42.1. The number of nitrogens with one attached hydrogen (secondary N) is 1. The van der Waals surface area contributed by atoms with Crippen LogP contribution in [0.3, 0.4) is 0 Å². The van der Waals surface area contributed by atoms with E-state index in [0.717, 1.165) is 5.56 Å². The number of rotatable bonds is 4. The highest BCUT2D eigenvalue weighted by Gasteiger charge is 2.33. The van der Waals surface area contributed by atoms with Crippen molar-refractivity contribution in [1.82, 2.24) is 5.06 Å². The third-order valence-corrected chi connectivity index (χ3v) is 2.87. The number of hydrogen-bond donors (Lipinski definition) is 3. The summed E-state index contributed by atoms with van der Waals surface area (Å²) in [6.45, 7) is 0.417. The smallest absolute Gasteiger partial charge is 0.325 e. The predicted octanol–water partition coefficient (Wildman–Crippen LogP) is -2.24. The van der Waals surface area contributed by atoms with Crippen molar-refractivity contribution >= 4 is 23.7 Å². The van der Waals surface area contributed by atoms with Gasteiger partial charge in [0.15, 0.2) is 0 Å². The fraction of sp³-hybridized carbons (Fsp3) is 0.231. The van der Waals surface area contributed by atoms with Crippen LogP contribution in [-0.4, -0.2) is 28.8 Å². The van der Waals surface area contributed by atoms with Crippen molar-refractivity contribution in [3.8, 4) is 0 Å². The molecule has 0 spiro atoms. The van der Waals surface area contributed by atoms with Crippen molar-refractivity contribution in [2.45, 2.75) is 19.4 Å². The fourth-order valence-corrected chi connectivity index (χ4v) is 1.76. The van der Waals surface area contributed by atoms with Gasteiger partial charge in [0.1, 0.15) is 0 Å². The summed E-state index contributed by atoms with van der Waals surface area (Å²) in [5.74, 6) is -1.68. The standard InChI is InChI=1S/C13H14N4O4/c14-13(15)16-7-8-1-3-9(4-2-8)12(20)21-17-10(18)5-6-11(17)19/h1-4H,5-7H2,(H4,14,15,16)/p+1. The molecule has 1 heterocycles. The molecule has 1 aromatic carbocycles. The number of benzene rings is 1. The summed E-state index contributed by atoms with van der Waals surface area (Å²) in [5, 5.41) is 0.516. The van der Waals surface area contributed by atoms with E-state index < -0.39 is 17.8 Å². The summed E-state index contributed by atoms with van der Waals surface area (Å²) >= 11 is 0. The van der Waals surface area contributed by atoms with Gasteiger partial charge in [0.2, 0.25) is 0 Å². The van der Waals surface area contributed by atoms with Crippen molar-refractivity contribution in [2.75, 3.05) is 0 Å². The Balaban J connectivity index is 2.01. The van der Waals surface area contributed by atoms with Gasteiger partial charge in [-0.2, -0.15) is 0 Å². The molecule has 8 heteroatoms. The minimum absolute atomic E-state index is 0.0632. The fourth-order valence-electron chi connectivity index (χ4n) is 1.76. The molecule has 1 aliphatic rings. The van der Waals surface area contributed by atoms with Gasteiger partial charge in [0.25, 0.3) is 11.8 Å². The molecule has 1 aromatic rings. The van der Waals surface area contributed by atoms with E-state index in [2.05, 4.69) is 4.99 Å². The van der Waals surface area contributed by atoms with E-state index >= 15 is 0 Å². The number of hydroxylamine groups is 2. The summed E-state index contributed by atoms with van der Waals surface area (Å²) in [6.07, 6.45) is 0.126. The van der Waals surface area contributed by atoms with E-state index in [1.54, 1.807) is 12.1 Å². The quantitative estimate of drug-likeness (QED) is 0.327. The molecule has 1 fully saturated rings. The van der Waals surface area contributed by atoms with Gasteiger partial charge in [-0.25, -0.2) is 4.79 Å². The third-order valence-electron chi connectivity index (χ3n) is 2.87. The highest BCUT2D eigenvalue weighted by atomic mass is 16.7. The van der Waals surface area contributed by atoms with Crippen molar-refractivity contribution in [1.29, 1.82) is 0 Å². The van der Waals surface area contributed by atoms with Gasteiger partial charge in [-0.3, -0.25) is 26.0 Å². The van der Waals surface area contributed by atoms with Gasteiger partial charge in [0, 0.05) is 12.8 Å². The number of guanidine groups is 1. The Labute approximate surface area is 120 Å². The molecular formula is C13H15N4O4+. The number of amides is 2. The maximum Gasteiger partial charge on any atom is 0.363 e. The van der Waals surface area contributed by atoms with Crippen LogP contribution in [0.2, 0.25) is 0 Å². The second-order valence-corrected chi connectivity index (χ2v) is 4.47. The molecule has 0 saturated carbocycles. The molecule has 1 aliphatic heterocycles. The monoisotopic (exact) mass is 291 g/mol. The molecule has 0 atom stereocenters. The summed E-state index contributed by atoms with van der Waals surface area (Å²) in [6, 6.07) is 6.41. The summed E-state index contributed by atoms with van der Waals surface area (Å²) in [5.41, 5.74) is 11.6. The van der Waals surface area contributed by atoms with Crippen LogP contribution in [0.4, 0.5) is 0 Å². The third kappa shape index (κ3) is 3.56. The minimum Gasteiger partial charge on any atom is -0.325 e. The normalized spacial score (nSPS) is 14.2. The summed E-state index contributed by atoms with van der Waals surface area (Å²) in [7, 11) is 0. The highest BCUT2D eigenvalue weighted by Crippen LogP contribution is 2.14. The van der Waals surface area contributed by atoms with E-state index in [0.29, 0.717) is 11.6 Å². The zero-order chi connectivity index (χ0) is 15.4. The zero-order valence-corrected chi connectivity index (χ0v) is 11.2. The van der Waals surface area contributed by atoms with Gasteiger partial charge in [-0.15, -0.1) is 5.06 Å². The lowest BCUT2D eigenvalue weighted by Gasteiger charge is -2.12. The van der Waals surface area contributed by atoms with Crippen molar-refractivity contribution in [2.24, 2.45) is 11.5 Å². The predicted molar refractivity (Wildman–Crippen MR) is 71.0 cm³/mol. The Morgan fingerprint density at radius 2 is 1.71 bits per heavy atom. The average molecular weight is 291 g/mol. The molecule has 0 aromatic heterocycles. The molecule has 0 radical (unpaired) electrons. The Kier molecular flexibility index (Phi) is 4.17. The van der Waals surface area contributed by atoms with Gasteiger partial charge in [-0.1, -0.05) is 12.1 Å². The molecule has 110 valence electrons. The number of carbonyl (C=O) groups excluding carboxylic acids is 3. The van der Waals surface area contributed by atoms with E-state index in [1.807, 2.05) is 0 Å². The molecule has 0 unspecified atom stereocenters. The van der Waals surface area contributed by atoms with Crippen LogP contribution < -0.4 is 16.5 Å². The molecule has 1 saturated heterocycles. The second kappa shape index (κ2) is 6.04. The van der Waals surface area contributed by atoms with Gasteiger partial charge in [-0.05, 0) is 17.7 Å². The van der Waals surface area contributed by atoms with E-state index in [-0.39, 0.29) is 24.4 Å². The minimum atomic E-state index is -0.761. The molecule has 2 amide bonds. The number of carbonyl (C=O) groups is 3. The lowest BCUT2D eigenvalue weighted by atomic mass is 10.1. The molecule has 21 heavy (non-hydrogen) atoms. The van der Waals surface area contributed by atoms with Gasteiger partial charge < -0.3 is 4.84 Å². The average Bonchev–Trinajstić information content (AvgIpc) is 2.77. The SMILES string of the molecule is NC(N)=[NH+]Cc1ccc(C(=O)ON2C(=O)CCC2=O)cc1. The van der Waals surface area contributed by atoms with Crippen LogP contribution in [0, 0.1) is 0 Å². The first-order valence-corrected chi connectivity index (χ1v) is 6.26. The molecular weight excluding hydrogens is 276 g/mol. The number of nitrogens with zero attached hydrogens (tertiary/aromatic N) is 1. The van der Waals surface area contributed by atoms with E-state index in [9.17, 15) is 14.4 Å². The largest absolute Gasteiger partial charge is 0.363 e. The van der Waals surface area contributed by atoms with Crippen LogP contribution in [0.15, 0.2) is 24.3 Å². The van der Waals surface area contributed by atoms with E-state index in [1.165, 1.54) is 12.1 Å². The van der Waals surface area contributed by atoms with Crippen LogP contribution >= 0.6 is 0 Å². The Hall–Kier alpha value is -2.90. The van der Waals surface area contributed by atoms with Crippen LogP contribution in [0.25, 0.3) is 0 Å². The van der Waals surface area contributed by atoms with Crippen LogP contribution in [0.5, 0.6) is 0 Å². The maximum atomic E-state index is 11.8. The molecule has 8 nitrogen and oxygen atoms in total. The Morgan fingerprint density at radius 3 is 2.24 bits per heavy atom. The number of nitrogens with two attached hydrogens (primary N) is 2. The first kappa shape index (κ1) is 14.5. The highest BCUT2D eigenvalue weighted by molar-refractivity contribution is 6.02. The van der Waals surface area contributed by atoms with E-state index in [4.69, 9.17) is 16.3 Å². The first-order valence-electron chi connectivity index (χ1n) is 6.26. The van der Waals surface area contributed by atoms with Gasteiger partial charge >= 0.3 is 11.9 Å². The maximum absolute atomic E-state index is 11.8. The van der Waals surface area contributed by atoms with Crippen LogP contribution in [-0.2, 0) is 21.0 Å². The molecule has 5 N–H and O–H groups in total. The van der Waals surface area contributed by atoms with Crippen molar-refractivity contribution in [3.05, 3.63) is 35.4 Å².